The maximum Gasteiger partial charge on any atom is 1.00 e. The van der Waals surface area contributed by atoms with E-state index in [9.17, 15) is 5.11 Å². The topological polar surface area (TPSA) is 48.2 Å². The predicted octanol–water partition coefficient (Wildman–Crippen LogP) is 1.24. The van der Waals surface area contributed by atoms with Gasteiger partial charge in [-0.3, -0.25) is 5.01 Å². The van der Waals surface area contributed by atoms with Crippen molar-refractivity contribution < 1.29 is 36.1 Å². The molecule has 0 saturated heterocycles. The van der Waals surface area contributed by atoms with Gasteiger partial charge in [0.1, 0.15) is 5.75 Å². The quantitative estimate of drug-likeness (QED) is 0.399. The van der Waals surface area contributed by atoms with Crippen LogP contribution in [0.3, 0.4) is 0 Å². The summed E-state index contributed by atoms with van der Waals surface area (Å²) in [6, 6.07) is 15.0. The number of hydrogen-bond acceptors (Lipinski definition) is 3. The fraction of sp³-hybridized carbons (Fsp3) is 0.125. The average molecular weight is 291 g/mol. The molecule has 0 aliphatic heterocycles. The molecule has 104 valence electrons. The molecule has 2 aromatic rings. The second-order valence-corrected chi connectivity index (χ2v) is 4.52. The maximum absolute atomic E-state index is 9.67. The summed E-state index contributed by atoms with van der Waals surface area (Å²) in [5.74, 6) is 0.278. The van der Waals surface area contributed by atoms with Crippen LogP contribution in [0.25, 0.3) is 12.2 Å². The van der Waals surface area contributed by atoms with Crippen molar-refractivity contribution in [1.82, 2.24) is 5.01 Å². The third kappa shape index (κ3) is 5.71. The zero-order valence-corrected chi connectivity index (χ0v) is 14.6. The van der Waals surface area contributed by atoms with Gasteiger partial charge in [-0.25, -0.2) is 0 Å². The van der Waals surface area contributed by atoms with Crippen LogP contribution in [0.5, 0.6) is 5.75 Å². The third-order valence-corrected chi connectivity index (χ3v) is 2.62. The van der Waals surface area contributed by atoms with E-state index in [1.165, 1.54) is 0 Å². The molecule has 1 N–H and O–H groups in total. The number of aromatic hydroxyl groups is 1. The Hall–Kier alpha value is -1.62. The zero-order chi connectivity index (χ0) is 14.4. The van der Waals surface area contributed by atoms with Crippen molar-refractivity contribution in [2.24, 2.45) is 10.3 Å². The molecule has 0 heterocycles. The third-order valence-electron chi connectivity index (χ3n) is 2.62. The zero-order valence-electron chi connectivity index (χ0n) is 13.6. The molecule has 0 spiro atoms. The van der Waals surface area contributed by atoms with Gasteiger partial charge in [0.05, 0.1) is 5.69 Å². The Bertz CT molecular complexity index is 628. The number of rotatable bonds is 4. The van der Waals surface area contributed by atoms with Crippen LogP contribution < -0.4 is 29.6 Å². The first-order chi connectivity index (χ1) is 9.65. The van der Waals surface area contributed by atoms with E-state index in [4.69, 9.17) is 0 Å². The molecule has 2 aromatic carbocycles. The molecule has 0 aliphatic carbocycles. The van der Waals surface area contributed by atoms with Crippen LogP contribution >= 0.6 is 0 Å². The number of para-hydroxylation sites is 1. The standard InChI is InChI=1S/C16H17N3O.Na.H/c1-19(2)18-17-15-11-8-13(9-12-15)7-10-14-5-3-4-6-16(14)20;;/h3-12,20H,1-2H3;;/q;+1;-1/b10-7-,18-17?;;. The summed E-state index contributed by atoms with van der Waals surface area (Å²) < 4.78 is 0. The van der Waals surface area contributed by atoms with Crippen molar-refractivity contribution in [3.05, 3.63) is 59.7 Å². The number of phenols is 1. The first kappa shape index (κ1) is 17.4. The minimum absolute atomic E-state index is 0. The fourth-order valence-electron chi connectivity index (χ4n) is 1.61. The molecule has 0 fully saturated rings. The second kappa shape index (κ2) is 8.62. The minimum atomic E-state index is 0. The molecule has 5 heteroatoms. The molecular formula is C16H18N3NaO. The van der Waals surface area contributed by atoms with Gasteiger partial charge >= 0.3 is 29.6 Å². The molecule has 0 aromatic heterocycles. The summed E-state index contributed by atoms with van der Waals surface area (Å²) >= 11 is 0. The van der Waals surface area contributed by atoms with Gasteiger partial charge in [0.25, 0.3) is 0 Å². The molecular weight excluding hydrogens is 273 g/mol. The van der Waals surface area contributed by atoms with E-state index in [0.717, 1.165) is 16.8 Å². The predicted molar refractivity (Wildman–Crippen MR) is 82.8 cm³/mol. The molecule has 0 amide bonds. The fourth-order valence-corrected chi connectivity index (χ4v) is 1.61. The molecule has 0 aliphatic rings. The molecule has 0 radical (unpaired) electrons. The molecule has 0 bridgehead atoms. The second-order valence-electron chi connectivity index (χ2n) is 4.52. The summed E-state index contributed by atoms with van der Waals surface area (Å²) in [4.78, 5) is 0. The Labute approximate surface area is 148 Å². The van der Waals surface area contributed by atoms with E-state index in [-0.39, 0.29) is 36.7 Å². The number of phenolic OH excluding ortho intramolecular Hbond substituents is 1. The first-order valence-electron chi connectivity index (χ1n) is 6.30. The average Bonchev–Trinajstić information content (AvgIpc) is 2.45. The van der Waals surface area contributed by atoms with E-state index < -0.39 is 0 Å². The van der Waals surface area contributed by atoms with Crippen LogP contribution in [-0.4, -0.2) is 24.2 Å². The van der Waals surface area contributed by atoms with E-state index >= 15 is 0 Å². The van der Waals surface area contributed by atoms with Gasteiger partial charge in [-0.05, 0) is 23.8 Å². The molecule has 0 saturated carbocycles. The van der Waals surface area contributed by atoms with Crippen molar-refractivity contribution in [3.8, 4) is 5.75 Å². The van der Waals surface area contributed by atoms with Crippen LogP contribution in [0.1, 0.15) is 12.6 Å². The van der Waals surface area contributed by atoms with E-state index in [0.29, 0.717) is 0 Å². The Morgan fingerprint density at radius 1 is 1.00 bits per heavy atom. The van der Waals surface area contributed by atoms with Gasteiger partial charge in [-0.2, -0.15) is 0 Å². The minimum Gasteiger partial charge on any atom is -1.00 e. The largest absolute Gasteiger partial charge is 1.00 e. The van der Waals surface area contributed by atoms with Crippen LogP contribution in [-0.2, 0) is 0 Å². The maximum atomic E-state index is 9.67. The normalized spacial score (nSPS) is 10.8. The van der Waals surface area contributed by atoms with Gasteiger partial charge in [-0.1, -0.05) is 47.7 Å². The first-order valence-corrected chi connectivity index (χ1v) is 6.30. The summed E-state index contributed by atoms with van der Waals surface area (Å²) in [7, 11) is 3.65. The van der Waals surface area contributed by atoms with Gasteiger partial charge < -0.3 is 6.53 Å². The van der Waals surface area contributed by atoms with Gasteiger partial charge in [0.15, 0.2) is 0 Å². The summed E-state index contributed by atoms with van der Waals surface area (Å²) in [6.07, 6.45) is 3.83. The molecule has 0 unspecified atom stereocenters. The Morgan fingerprint density at radius 3 is 2.29 bits per heavy atom. The van der Waals surface area contributed by atoms with Gasteiger partial charge in [0, 0.05) is 19.7 Å². The molecule has 4 nitrogen and oxygen atoms in total. The summed E-state index contributed by atoms with van der Waals surface area (Å²) in [6.45, 7) is 0. The van der Waals surface area contributed by atoms with Crippen LogP contribution in [0.15, 0.2) is 58.9 Å². The van der Waals surface area contributed by atoms with Crippen molar-refractivity contribution in [1.29, 1.82) is 0 Å². The summed E-state index contributed by atoms with van der Waals surface area (Å²) in [5.41, 5.74) is 2.64. The number of benzene rings is 2. The Kier molecular flexibility index (Phi) is 7.15. The van der Waals surface area contributed by atoms with Crippen LogP contribution in [0.2, 0.25) is 0 Å². The molecule has 21 heavy (non-hydrogen) atoms. The monoisotopic (exact) mass is 291 g/mol. The Morgan fingerprint density at radius 2 is 1.67 bits per heavy atom. The van der Waals surface area contributed by atoms with Crippen LogP contribution in [0.4, 0.5) is 5.69 Å². The number of hydrogen-bond donors (Lipinski definition) is 1. The van der Waals surface area contributed by atoms with Crippen molar-refractivity contribution in [3.63, 3.8) is 0 Å². The smallest absolute Gasteiger partial charge is 1.00 e. The van der Waals surface area contributed by atoms with E-state index in [1.807, 2.05) is 62.6 Å². The SMILES string of the molecule is CN(C)N=Nc1ccc(/C=C\c2ccccc2O)cc1.[H-].[Na+]. The van der Waals surface area contributed by atoms with Crippen molar-refractivity contribution in [2.45, 2.75) is 0 Å². The van der Waals surface area contributed by atoms with Gasteiger partial charge in [-0.15, -0.1) is 5.11 Å². The van der Waals surface area contributed by atoms with Gasteiger partial charge in [0.2, 0.25) is 0 Å². The molecule has 2 rings (SSSR count). The van der Waals surface area contributed by atoms with Crippen LogP contribution in [0, 0.1) is 0 Å². The Balaban J connectivity index is 0.00000220. The van der Waals surface area contributed by atoms with E-state index in [2.05, 4.69) is 10.3 Å². The van der Waals surface area contributed by atoms with Crippen molar-refractivity contribution >= 4 is 17.8 Å². The number of nitrogens with zero attached hydrogens (tertiary/aromatic N) is 3. The molecule has 0 atom stereocenters. The van der Waals surface area contributed by atoms with E-state index in [1.54, 1.807) is 17.1 Å². The van der Waals surface area contributed by atoms with Crippen molar-refractivity contribution in [2.75, 3.05) is 14.1 Å². The summed E-state index contributed by atoms with van der Waals surface area (Å²) in [5, 5.41) is 19.3.